The maximum atomic E-state index is 11.6. The molecule has 0 unspecified atom stereocenters. The second-order valence-electron chi connectivity index (χ2n) is 4.99. The second kappa shape index (κ2) is 4.57. The number of nitrogens with zero attached hydrogens (tertiary/aromatic N) is 4. The SMILES string of the molecule is CC(C)(C)n1c(-c2cccnc2)nnc1S(=O)(=O)Cl. The third-order valence-electron chi connectivity index (χ3n) is 2.44. The molecule has 0 aliphatic heterocycles. The average molecular weight is 301 g/mol. The molecule has 0 saturated heterocycles. The highest BCUT2D eigenvalue weighted by atomic mass is 35.7. The predicted molar refractivity (Wildman–Crippen MR) is 71.3 cm³/mol. The molecule has 0 bridgehead atoms. The van der Waals surface area contributed by atoms with Crippen LogP contribution in [-0.4, -0.2) is 28.2 Å². The van der Waals surface area contributed by atoms with E-state index in [4.69, 9.17) is 10.7 Å². The van der Waals surface area contributed by atoms with Crippen LogP contribution >= 0.6 is 10.7 Å². The summed E-state index contributed by atoms with van der Waals surface area (Å²) in [6.45, 7) is 5.55. The lowest BCUT2D eigenvalue weighted by Gasteiger charge is -2.23. The van der Waals surface area contributed by atoms with Crippen molar-refractivity contribution in [3.8, 4) is 11.4 Å². The summed E-state index contributed by atoms with van der Waals surface area (Å²) in [6, 6.07) is 3.52. The van der Waals surface area contributed by atoms with Gasteiger partial charge in [0.1, 0.15) is 0 Å². The first kappa shape index (κ1) is 14.0. The quantitative estimate of drug-likeness (QED) is 0.793. The van der Waals surface area contributed by atoms with Crippen molar-refractivity contribution >= 4 is 19.7 Å². The molecule has 0 fully saturated rings. The van der Waals surface area contributed by atoms with Crippen molar-refractivity contribution in [2.75, 3.05) is 0 Å². The number of pyridine rings is 1. The first-order chi connectivity index (χ1) is 8.71. The Bertz CT molecular complexity index is 689. The number of aromatic nitrogens is 4. The van der Waals surface area contributed by atoms with Crippen LogP contribution < -0.4 is 0 Å². The lowest BCUT2D eigenvalue weighted by atomic mass is 10.1. The van der Waals surface area contributed by atoms with Crippen LogP contribution in [0.5, 0.6) is 0 Å². The number of hydrogen-bond acceptors (Lipinski definition) is 5. The highest BCUT2D eigenvalue weighted by Gasteiger charge is 2.30. The van der Waals surface area contributed by atoms with E-state index >= 15 is 0 Å². The minimum absolute atomic E-state index is 0.263. The molecule has 0 atom stereocenters. The molecule has 0 aliphatic rings. The Balaban J connectivity index is 2.75. The summed E-state index contributed by atoms with van der Waals surface area (Å²) in [7, 11) is 1.44. The van der Waals surface area contributed by atoms with Gasteiger partial charge in [0.15, 0.2) is 5.82 Å². The van der Waals surface area contributed by atoms with Crippen LogP contribution in [0.25, 0.3) is 11.4 Å². The van der Waals surface area contributed by atoms with Crippen molar-refractivity contribution < 1.29 is 8.42 Å². The summed E-state index contributed by atoms with van der Waals surface area (Å²) in [4.78, 5) is 3.99. The number of halogens is 1. The largest absolute Gasteiger partial charge is 0.296 e. The molecule has 0 spiro atoms. The van der Waals surface area contributed by atoms with Crippen LogP contribution in [0.2, 0.25) is 0 Å². The molecule has 0 N–H and O–H groups in total. The van der Waals surface area contributed by atoms with Gasteiger partial charge < -0.3 is 0 Å². The van der Waals surface area contributed by atoms with Gasteiger partial charge in [0.2, 0.25) is 0 Å². The van der Waals surface area contributed by atoms with Gasteiger partial charge in [-0.25, -0.2) is 8.42 Å². The van der Waals surface area contributed by atoms with E-state index in [0.717, 1.165) is 0 Å². The molecule has 0 aromatic carbocycles. The van der Waals surface area contributed by atoms with Crippen molar-refractivity contribution in [3.63, 3.8) is 0 Å². The van der Waals surface area contributed by atoms with E-state index in [-0.39, 0.29) is 5.16 Å². The first-order valence-electron chi connectivity index (χ1n) is 5.52. The summed E-state index contributed by atoms with van der Waals surface area (Å²) in [5, 5.41) is 7.36. The summed E-state index contributed by atoms with van der Waals surface area (Å²) < 4.78 is 24.6. The van der Waals surface area contributed by atoms with Crippen LogP contribution in [0.1, 0.15) is 20.8 Å². The standard InChI is InChI=1S/C11H13ClN4O2S/c1-11(2,3)16-9(8-5-4-6-13-7-8)14-15-10(16)19(12,17)18/h4-7H,1-3H3. The van der Waals surface area contributed by atoms with Gasteiger partial charge in [0, 0.05) is 34.2 Å². The Hall–Kier alpha value is -1.47. The monoisotopic (exact) mass is 300 g/mol. The molecule has 2 rings (SSSR count). The molecule has 2 heterocycles. The minimum Gasteiger partial charge on any atom is -0.291 e. The van der Waals surface area contributed by atoms with Crippen LogP contribution in [0.4, 0.5) is 0 Å². The minimum atomic E-state index is -3.96. The second-order valence-corrected chi connectivity index (χ2v) is 7.45. The highest BCUT2D eigenvalue weighted by molar-refractivity contribution is 8.13. The Kier molecular flexibility index (Phi) is 3.36. The zero-order chi connectivity index (χ0) is 14.3. The van der Waals surface area contributed by atoms with Crippen LogP contribution in [0, 0.1) is 0 Å². The molecule has 2 aromatic heterocycles. The van der Waals surface area contributed by atoms with Gasteiger partial charge in [-0.2, -0.15) is 0 Å². The third kappa shape index (κ3) is 2.76. The van der Waals surface area contributed by atoms with E-state index in [1.165, 1.54) is 4.57 Å². The molecular formula is C11H13ClN4O2S. The highest BCUT2D eigenvalue weighted by Crippen LogP contribution is 2.28. The molecule has 2 aromatic rings. The maximum Gasteiger partial charge on any atom is 0.296 e. The molecule has 19 heavy (non-hydrogen) atoms. The van der Waals surface area contributed by atoms with Crippen LogP contribution in [-0.2, 0) is 14.6 Å². The van der Waals surface area contributed by atoms with Gasteiger partial charge in [-0.15, -0.1) is 10.2 Å². The lowest BCUT2D eigenvalue weighted by molar-refractivity contribution is 0.367. The van der Waals surface area contributed by atoms with Crippen LogP contribution in [0.3, 0.4) is 0 Å². The molecule has 102 valence electrons. The Morgan fingerprint density at radius 3 is 2.42 bits per heavy atom. The molecule has 0 amide bonds. The fourth-order valence-electron chi connectivity index (χ4n) is 1.71. The van der Waals surface area contributed by atoms with Crippen molar-refractivity contribution in [3.05, 3.63) is 24.5 Å². The fraction of sp³-hybridized carbons (Fsp3) is 0.364. The molecule has 0 radical (unpaired) electrons. The Morgan fingerprint density at radius 1 is 1.26 bits per heavy atom. The summed E-state index contributed by atoms with van der Waals surface area (Å²) in [5.41, 5.74) is 0.142. The summed E-state index contributed by atoms with van der Waals surface area (Å²) in [5.74, 6) is 0.417. The van der Waals surface area contributed by atoms with Gasteiger partial charge >= 0.3 is 0 Å². The molecule has 0 aliphatic carbocycles. The van der Waals surface area contributed by atoms with Gasteiger partial charge in [-0.1, -0.05) is 0 Å². The number of hydrogen-bond donors (Lipinski definition) is 0. The van der Waals surface area contributed by atoms with E-state index < -0.39 is 14.6 Å². The summed E-state index contributed by atoms with van der Waals surface area (Å²) >= 11 is 0. The predicted octanol–water partition coefficient (Wildman–Crippen LogP) is 2.02. The third-order valence-corrected chi connectivity index (χ3v) is 3.56. The zero-order valence-electron chi connectivity index (χ0n) is 10.7. The Morgan fingerprint density at radius 2 is 1.95 bits per heavy atom. The summed E-state index contributed by atoms with van der Waals surface area (Å²) in [6.07, 6.45) is 3.22. The van der Waals surface area contributed by atoms with E-state index in [9.17, 15) is 8.42 Å². The zero-order valence-corrected chi connectivity index (χ0v) is 12.3. The maximum absolute atomic E-state index is 11.6. The fourth-order valence-corrected chi connectivity index (χ4v) is 2.73. The van der Waals surface area contributed by atoms with Gasteiger partial charge in [0.25, 0.3) is 14.2 Å². The molecule has 8 heteroatoms. The number of rotatable bonds is 2. The van der Waals surface area contributed by atoms with Crippen molar-refractivity contribution in [2.24, 2.45) is 0 Å². The molecular weight excluding hydrogens is 288 g/mol. The van der Waals surface area contributed by atoms with Crippen molar-refractivity contribution in [2.45, 2.75) is 31.5 Å². The van der Waals surface area contributed by atoms with E-state index in [2.05, 4.69) is 15.2 Å². The van der Waals surface area contributed by atoms with Gasteiger partial charge in [-0.3, -0.25) is 9.55 Å². The van der Waals surface area contributed by atoms with Crippen LogP contribution in [0.15, 0.2) is 29.7 Å². The van der Waals surface area contributed by atoms with E-state index in [1.54, 1.807) is 24.5 Å². The first-order valence-corrected chi connectivity index (χ1v) is 7.83. The van der Waals surface area contributed by atoms with E-state index in [0.29, 0.717) is 11.4 Å². The topological polar surface area (TPSA) is 77.7 Å². The normalized spacial score (nSPS) is 12.6. The van der Waals surface area contributed by atoms with Crippen molar-refractivity contribution in [1.29, 1.82) is 0 Å². The van der Waals surface area contributed by atoms with Gasteiger partial charge in [-0.05, 0) is 32.9 Å². The Labute approximate surface area is 115 Å². The average Bonchev–Trinajstić information content (AvgIpc) is 2.74. The van der Waals surface area contributed by atoms with Crippen molar-refractivity contribution in [1.82, 2.24) is 19.7 Å². The van der Waals surface area contributed by atoms with E-state index in [1.807, 2.05) is 20.8 Å². The van der Waals surface area contributed by atoms with Gasteiger partial charge in [0.05, 0.1) is 0 Å². The molecule has 6 nitrogen and oxygen atoms in total. The smallest absolute Gasteiger partial charge is 0.291 e. The lowest BCUT2D eigenvalue weighted by Crippen LogP contribution is -2.25. The molecule has 0 saturated carbocycles.